The Morgan fingerprint density at radius 1 is 0.618 bits per heavy atom. The number of ether oxygens (including phenoxy) is 2. The van der Waals surface area contributed by atoms with Crippen LogP contribution in [-0.4, -0.2) is 65.2 Å². The number of carbonyl (C=O) groups excluding carboxylic acids is 5. The standard InChI is InChI=1S/C37H50N4O7.C7H8/c1-9-47-31(43)23-21-29(25-27-18-14-11-15-19-27)39-32(44)36(5,6)40-30(42)22-20-28(24-26-16-12-10-13-17-26)38-33(45)37(7,8)41-34(46)48-35(2,3)4;1-7-5-3-2-4-6-7/h10-23,28-29H,9,24-25H2,1-8H3,(H,38,45)(H,39,44)(H,40,42)(H,41,46);2-6H,1H3/b22-20+,23-21+;/t28-,29-;/m1./s1. The summed E-state index contributed by atoms with van der Waals surface area (Å²) in [5, 5.41) is 11.1. The molecule has 0 aromatic heterocycles. The van der Waals surface area contributed by atoms with E-state index < -0.39 is 58.5 Å². The van der Waals surface area contributed by atoms with Crippen LogP contribution in [0.3, 0.4) is 0 Å². The Bertz CT molecular complexity index is 1730. The fourth-order valence-corrected chi connectivity index (χ4v) is 4.91. The summed E-state index contributed by atoms with van der Waals surface area (Å²) in [4.78, 5) is 64.1. The molecule has 296 valence electrons. The van der Waals surface area contributed by atoms with E-state index in [-0.39, 0.29) is 6.61 Å². The first-order valence-electron chi connectivity index (χ1n) is 18.4. The molecule has 3 rings (SSSR count). The predicted molar refractivity (Wildman–Crippen MR) is 216 cm³/mol. The monoisotopic (exact) mass is 754 g/mol. The van der Waals surface area contributed by atoms with Gasteiger partial charge in [0.25, 0.3) is 0 Å². The lowest BCUT2D eigenvalue weighted by Gasteiger charge is -2.29. The molecule has 0 saturated carbocycles. The molecule has 0 heterocycles. The third kappa shape index (κ3) is 18.7. The number of alkyl carbamates (subject to hydrolysis) is 1. The van der Waals surface area contributed by atoms with Crippen molar-refractivity contribution in [3.05, 3.63) is 132 Å². The van der Waals surface area contributed by atoms with Gasteiger partial charge in [0.2, 0.25) is 17.7 Å². The van der Waals surface area contributed by atoms with Crippen molar-refractivity contribution in [1.29, 1.82) is 0 Å². The summed E-state index contributed by atoms with van der Waals surface area (Å²) in [6, 6.07) is 27.9. The Morgan fingerprint density at radius 3 is 1.44 bits per heavy atom. The molecule has 11 nitrogen and oxygen atoms in total. The van der Waals surface area contributed by atoms with Gasteiger partial charge in [-0.05, 0) is 86.3 Å². The SMILES string of the molecule is CCOC(=O)/C=C/[C@H](Cc1ccccc1)NC(=O)C(C)(C)NC(=O)/C=C/[C@H](Cc1ccccc1)NC(=O)C(C)(C)NC(=O)OC(C)(C)C.Cc1ccccc1. The van der Waals surface area contributed by atoms with E-state index in [1.807, 2.05) is 78.9 Å². The molecule has 0 aliphatic carbocycles. The highest BCUT2D eigenvalue weighted by Crippen LogP contribution is 2.13. The molecule has 0 bridgehead atoms. The van der Waals surface area contributed by atoms with Gasteiger partial charge in [-0.1, -0.05) is 109 Å². The van der Waals surface area contributed by atoms with Crippen molar-refractivity contribution >= 4 is 29.8 Å². The predicted octanol–water partition coefficient (Wildman–Crippen LogP) is 6.31. The van der Waals surface area contributed by atoms with E-state index in [2.05, 4.69) is 40.3 Å². The van der Waals surface area contributed by atoms with Gasteiger partial charge in [0, 0.05) is 12.2 Å². The second-order valence-electron chi connectivity index (χ2n) is 15.0. The second kappa shape index (κ2) is 21.9. The highest BCUT2D eigenvalue weighted by atomic mass is 16.6. The van der Waals surface area contributed by atoms with E-state index in [9.17, 15) is 24.0 Å². The fourth-order valence-electron chi connectivity index (χ4n) is 4.91. The molecule has 4 N–H and O–H groups in total. The third-order valence-corrected chi connectivity index (χ3v) is 7.79. The van der Waals surface area contributed by atoms with Crippen LogP contribution in [0.2, 0.25) is 0 Å². The molecule has 0 fully saturated rings. The normalized spacial score (nSPS) is 12.7. The minimum absolute atomic E-state index is 0.224. The summed E-state index contributed by atoms with van der Waals surface area (Å²) in [5.74, 6) is -2.04. The molecule has 0 aliphatic heterocycles. The minimum atomic E-state index is -1.34. The average Bonchev–Trinajstić information content (AvgIpc) is 3.10. The number of amides is 4. The Morgan fingerprint density at radius 2 is 1.04 bits per heavy atom. The van der Waals surface area contributed by atoms with Gasteiger partial charge in [-0.15, -0.1) is 0 Å². The highest BCUT2D eigenvalue weighted by Gasteiger charge is 2.33. The molecule has 3 aromatic carbocycles. The van der Waals surface area contributed by atoms with Crippen LogP contribution < -0.4 is 21.3 Å². The van der Waals surface area contributed by atoms with Crippen LogP contribution in [0.4, 0.5) is 4.79 Å². The van der Waals surface area contributed by atoms with Crippen molar-refractivity contribution in [3.63, 3.8) is 0 Å². The Kier molecular flexibility index (Phi) is 18.1. The van der Waals surface area contributed by atoms with E-state index in [1.165, 1.54) is 23.8 Å². The zero-order valence-corrected chi connectivity index (χ0v) is 33.6. The quantitative estimate of drug-likeness (QED) is 0.105. The summed E-state index contributed by atoms with van der Waals surface area (Å²) < 4.78 is 10.3. The van der Waals surface area contributed by atoms with E-state index in [0.29, 0.717) is 12.8 Å². The molecule has 0 unspecified atom stereocenters. The lowest BCUT2D eigenvalue weighted by molar-refractivity contribution is -0.137. The van der Waals surface area contributed by atoms with Gasteiger partial charge >= 0.3 is 12.1 Å². The first-order valence-corrected chi connectivity index (χ1v) is 18.4. The number of aryl methyl sites for hydroxylation is 1. The first-order chi connectivity index (χ1) is 25.8. The maximum atomic E-state index is 13.4. The maximum Gasteiger partial charge on any atom is 0.408 e. The van der Waals surface area contributed by atoms with Gasteiger partial charge in [-0.2, -0.15) is 0 Å². The van der Waals surface area contributed by atoms with Crippen LogP contribution in [0.25, 0.3) is 0 Å². The fraction of sp³-hybridized carbons (Fsp3) is 0.386. The zero-order chi connectivity index (χ0) is 41.1. The van der Waals surface area contributed by atoms with E-state index in [1.54, 1.807) is 61.5 Å². The van der Waals surface area contributed by atoms with Crippen LogP contribution in [0.1, 0.15) is 72.1 Å². The lowest BCUT2D eigenvalue weighted by Crippen LogP contribution is -2.57. The third-order valence-electron chi connectivity index (χ3n) is 7.79. The number of rotatable bonds is 15. The van der Waals surface area contributed by atoms with Gasteiger partial charge in [0.1, 0.15) is 16.7 Å². The number of nitrogens with one attached hydrogen (secondary N) is 4. The summed E-state index contributed by atoms with van der Waals surface area (Å²) in [7, 11) is 0. The molecule has 0 spiro atoms. The van der Waals surface area contributed by atoms with Crippen molar-refractivity contribution < 1.29 is 33.4 Å². The summed E-state index contributed by atoms with van der Waals surface area (Å²) in [6.07, 6.45) is 5.68. The van der Waals surface area contributed by atoms with E-state index in [0.717, 1.165) is 11.1 Å². The van der Waals surface area contributed by atoms with Gasteiger partial charge < -0.3 is 30.7 Å². The van der Waals surface area contributed by atoms with Crippen molar-refractivity contribution in [1.82, 2.24) is 21.3 Å². The van der Waals surface area contributed by atoms with Crippen molar-refractivity contribution in [2.24, 2.45) is 0 Å². The molecular weight excluding hydrogens is 697 g/mol. The molecular formula is C44H58N4O7. The minimum Gasteiger partial charge on any atom is -0.463 e. The topological polar surface area (TPSA) is 152 Å². The Hall–Kier alpha value is -5.71. The van der Waals surface area contributed by atoms with E-state index in [4.69, 9.17) is 9.47 Å². The second-order valence-corrected chi connectivity index (χ2v) is 15.0. The first kappa shape index (κ1) is 45.4. The Labute approximate surface area is 326 Å². The smallest absolute Gasteiger partial charge is 0.408 e. The van der Waals surface area contributed by atoms with Crippen LogP contribution in [0.15, 0.2) is 115 Å². The summed E-state index contributed by atoms with van der Waals surface area (Å²) >= 11 is 0. The molecule has 11 heteroatoms. The average molecular weight is 755 g/mol. The summed E-state index contributed by atoms with van der Waals surface area (Å²) in [6.45, 7) is 15.4. The van der Waals surface area contributed by atoms with Gasteiger partial charge in [0.15, 0.2) is 0 Å². The van der Waals surface area contributed by atoms with E-state index >= 15 is 0 Å². The van der Waals surface area contributed by atoms with Crippen LogP contribution >= 0.6 is 0 Å². The number of carbonyl (C=O) groups is 5. The number of esters is 1. The van der Waals surface area contributed by atoms with Gasteiger partial charge in [-0.3, -0.25) is 14.4 Å². The molecule has 3 aromatic rings. The molecule has 55 heavy (non-hydrogen) atoms. The lowest BCUT2D eigenvalue weighted by atomic mass is 10.00. The number of hydrogen-bond donors (Lipinski definition) is 4. The molecule has 4 amide bonds. The number of benzene rings is 3. The largest absolute Gasteiger partial charge is 0.463 e. The zero-order valence-electron chi connectivity index (χ0n) is 33.6. The van der Waals surface area contributed by atoms with Gasteiger partial charge in [0.05, 0.1) is 18.7 Å². The number of hydrogen-bond acceptors (Lipinski definition) is 7. The Balaban J connectivity index is 0.00000133. The molecule has 0 saturated heterocycles. The molecule has 2 atom stereocenters. The maximum absolute atomic E-state index is 13.4. The van der Waals surface area contributed by atoms with Crippen LogP contribution in [-0.2, 0) is 41.5 Å². The molecule has 0 radical (unpaired) electrons. The van der Waals surface area contributed by atoms with Crippen molar-refractivity contribution in [2.45, 2.75) is 104 Å². The molecule has 0 aliphatic rings. The van der Waals surface area contributed by atoms with Crippen molar-refractivity contribution in [3.8, 4) is 0 Å². The van der Waals surface area contributed by atoms with Crippen LogP contribution in [0.5, 0.6) is 0 Å². The summed E-state index contributed by atoms with van der Waals surface area (Å²) in [5.41, 5.74) is -0.239. The van der Waals surface area contributed by atoms with Crippen molar-refractivity contribution in [2.75, 3.05) is 6.61 Å². The highest BCUT2D eigenvalue weighted by molar-refractivity contribution is 5.95. The van der Waals surface area contributed by atoms with Crippen LogP contribution in [0, 0.1) is 6.92 Å². The van der Waals surface area contributed by atoms with Gasteiger partial charge in [-0.25, -0.2) is 9.59 Å².